The van der Waals surface area contributed by atoms with Crippen molar-refractivity contribution < 1.29 is 9.53 Å². The van der Waals surface area contributed by atoms with Crippen molar-refractivity contribution >= 4 is 17.7 Å². The van der Waals surface area contributed by atoms with Crippen LogP contribution in [-0.2, 0) is 17.6 Å². The Labute approximate surface area is 136 Å². The van der Waals surface area contributed by atoms with E-state index < -0.39 is 0 Å². The monoisotopic (exact) mass is 317 g/mol. The Kier molecular flexibility index (Phi) is 6.28. The molecular weight excluding hydrogens is 298 g/mol. The van der Waals surface area contributed by atoms with Gasteiger partial charge in [-0.25, -0.2) is 4.79 Å². The highest BCUT2D eigenvalue weighted by atomic mass is 35.5. The first-order valence-electron chi connectivity index (χ1n) is 7.35. The third-order valence-corrected chi connectivity index (χ3v) is 3.70. The first-order valence-corrected chi connectivity index (χ1v) is 7.72. The number of nitrogens with one attached hydrogen (secondary N) is 1. The fraction of sp³-hybridized carbons (Fsp3) is 0.278. The fourth-order valence-corrected chi connectivity index (χ4v) is 2.41. The third-order valence-electron chi connectivity index (χ3n) is 3.33. The molecule has 0 bridgehead atoms. The summed E-state index contributed by atoms with van der Waals surface area (Å²) in [5, 5.41) is 3.46. The van der Waals surface area contributed by atoms with E-state index in [1.807, 2.05) is 49.4 Å². The maximum Gasteiger partial charge on any atom is 0.407 e. The van der Waals surface area contributed by atoms with Gasteiger partial charge in [0.1, 0.15) is 0 Å². The molecule has 0 unspecified atom stereocenters. The molecule has 2 rings (SSSR count). The van der Waals surface area contributed by atoms with E-state index in [-0.39, 0.29) is 6.09 Å². The summed E-state index contributed by atoms with van der Waals surface area (Å²) in [6, 6.07) is 15.8. The lowest BCUT2D eigenvalue weighted by atomic mass is 10.1. The number of ether oxygens (including phenoxy) is 1. The highest BCUT2D eigenvalue weighted by molar-refractivity contribution is 6.31. The molecule has 0 radical (unpaired) electrons. The molecule has 4 heteroatoms. The molecule has 0 aliphatic rings. The highest BCUT2D eigenvalue weighted by Crippen LogP contribution is 2.14. The van der Waals surface area contributed by atoms with Gasteiger partial charge in [-0.3, -0.25) is 0 Å². The van der Waals surface area contributed by atoms with Crippen molar-refractivity contribution in [2.75, 3.05) is 13.2 Å². The van der Waals surface area contributed by atoms with Crippen molar-refractivity contribution in [1.82, 2.24) is 5.32 Å². The minimum atomic E-state index is -0.389. The second-order valence-corrected chi connectivity index (χ2v) is 5.55. The lowest BCUT2D eigenvalue weighted by molar-refractivity contribution is 0.147. The van der Waals surface area contributed by atoms with Crippen LogP contribution >= 0.6 is 11.6 Å². The molecule has 116 valence electrons. The van der Waals surface area contributed by atoms with Gasteiger partial charge < -0.3 is 10.1 Å². The molecular formula is C18H20ClNO2. The Morgan fingerprint density at radius 3 is 2.73 bits per heavy atom. The molecule has 0 fully saturated rings. The van der Waals surface area contributed by atoms with Crippen LogP contribution in [0, 0.1) is 6.92 Å². The highest BCUT2D eigenvalue weighted by Gasteiger charge is 2.03. The predicted molar refractivity (Wildman–Crippen MR) is 89.4 cm³/mol. The minimum absolute atomic E-state index is 0.376. The van der Waals surface area contributed by atoms with Crippen LogP contribution in [0.15, 0.2) is 48.5 Å². The third kappa shape index (κ3) is 5.41. The van der Waals surface area contributed by atoms with Gasteiger partial charge in [0, 0.05) is 18.0 Å². The van der Waals surface area contributed by atoms with Gasteiger partial charge in [0.25, 0.3) is 0 Å². The van der Waals surface area contributed by atoms with Crippen LogP contribution < -0.4 is 5.32 Å². The average Bonchev–Trinajstić information content (AvgIpc) is 2.49. The summed E-state index contributed by atoms with van der Waals surface area (Å²) < 4.78 is 5.17. The largest absolute Gasteiger partial charge is 0.449 e. The molecule has 0 heterocycles. The second-order valence-electron chi connectivity index (χ2n) is 5.14. The lowest BCUT2D eigenvalue weighted by Crippen LogP contribution is -2.27. The van der Waals surface area contributed by atoms with Crippen LogP contribution in [0.5, 0.6) is 0 Å². The van der Waals surface area contributed by atoms with Crippen molar-refractivity contribution in [3.8, 4) is 0 Å². The molecule has 0 aliphatic carbocycles. The van der Waals surface area contributed by atoms with Gasteiger partial charge in [0.05, 0.1) is 6.61 Å². The molecule has 3 nitrogen and oxygen atoms in total. The Hall–Kier alpha value is -2.00. The molecule has 0 saturated carbocycles. The summed E-state index contributed by atoms with van der Waals surface area (Å²) in [6.07, 6.45) is 1.02. The van der Waals surface area contributed by atoms with Gasteiger partial charge in [0.15, 0.2) is 0 Å². The molecule has 0 spiro atoms. The van der Waals surface area contributed by atoms with Gasteiger partial charge in [-0.2, -0.15) is 0 Å². The van der Waals surface area contributed by atoms with Crippen LogP contribution in [0.25, 0.3) is 0 Å². The van der Waals surface area contributed by atoms with E-state index in [0.29, 0.717) is 19.6 Å². The molecule has 2 aromatic rings. The number of carbonyl (C=O) groups is 1. The second kappa shape index (κ2) is 8.44. The van der Waals surface area contributed by atoms with E-state index in [2.05, 4.69) is 11.4 Å². The zero-order valence-corrected chi connectivity index (χ0v) is 13.4. The van der Waals surface area contributed by atoms with Gasteiger partial charge in [0.2, 0.25) is 0 Å². The standard InChI is InChI=1S/C18H20ClNO2/c1-14-5-4-6-15(13-14)10-12-22-18(21)20-11-9-16-7-2-3-8-17(16)19/h2-8,13H,9-12H2,1H3,(H,20,21). The number of carbonyl (C=O) groups excluding carboxylic acids is 1. The van der Waals surface area contributed by atoms with Crippen molar-refractivity contribution in [3.05, 3.63) is 70.2 Å². The minimum Gasteiger partial charge on any atom is -0.449 e. The maximum absolute atomic E-state index is 11.6. The number of halogens is 1. The molecule has 0 aromatic heterocycles. The summed E-state index contributed by atoms with van der Waals surface area (Å²) >= 11 is 6.06. The van der Waals surface area contributed by atoms with E-state index in [4.69, 9.17) is 16.3 Å². The number of amides is 1. The first-order chi connectivity index (χ1) is 10.6. The van der Waals surface area contributed by atoms with Crippen LogP contribution in [0.3, 0.4) is 0 Å². The van der Waals surface area contributed by atoms with E-state index in [9.17, 15) is 4.79 Å². The topological polar surface area (TPSA) is 38.3 Å². The van der Waals surface area contributed by atoms with Crippen LogP contribution in [0.2, 0.25) is 5.02 Å². The number of aryl methyl sites for hydroxylation is 1. The van der Waals surface area contributed by atoms with Crippen molar-refractivity contribution in [1.29, 1.82) is 0 Å². The lowest BCUT2D eigenvalue weighted by Gasteiger charge is -2.08. The Bertz CT molecular complexity index is 628. The van der Waals surface area contributed by atoms with Gasteiger partial charge in [-0.05, 0) is 30.5 Å². The summed E-state index contributed by atoms with van der Waals surface area (Å²) in [6.45, 7) is 2.93. The zero-order chi connectivity index (χ0) is 15.8. The van der Waals surface area contributed by atoms with E-state index in [1.165, 1.54) is 11.1 Å². The van der Waals surface area contributed by atoms with Crippen LogP contribution in [-0.4, -0.2) is 19.2 Å². The Balaban J connectivity index is 1.65. The summed E-state index contributed by atoms with van der Waals surface area (Å²) in [5.41, 5.74) is 3.40. The normalized spacial score (nSPS) is 10.3. The van der Waals surface area contributed by atoms with Crippen molar-refractivity contribution in [2.45, 2.75) is 19.8 Å². The summed E-state index contributed by atoms with van der Waals surface area (Å²) in [7, 11) is 0. The Morgan fingerprint density at radius 1 is 1.14 bits per heavy atom. The molecule has 0 atom stereocenters. The number of alkyl carbamates (subject to hydrolysis) is 1. The molecule has 0 aliphatic heterocycles. The maximum atomic E-state index is 11.6. The SMILES string of the molecule is Cc1cccc(CCOC(=O)NCCc2ccccc2Cl)c1. The van der Waals surface area contributed by atoms with E-state index in [1.54, 1.807) is 0 Å². The number of benzene rings is 2. The molecule has 1 N–H and O–H groups in total. The number of hydrogen-bond donors (Lipinski definition) is 1. The zero-order valence-electron chi connectivity index (χ0n) is 12.6. The van der Waals surface area contributed by atoms with Crippen LogP contribution in [0.1, 0.15) is 16.7 Å². The van der Waals surface area contributed by atoms with E-state index >= 15 is 0 Å². The molecule has 1 amide bonds. The van der Waals surface area contributed by atoms with Crippen LogP contribution in [0.4, 0.5) is 4.79 Å². The van der Waals surface area contributed by atoms with Crippen molar-refractivity contribution in [2.24, 2.45) is 0 Å². The van der Waals surface area contributed by atoms with Gasteiger partial charge in [-0.1, -0.05) is 59.6 Å². The van der Waals surface area contributed by atoms with E-state index in [0.717, 1.165) is 17.0 Å². The average molecular weight is 318 g/mol. The van der Waals surface area contributed by atoms with Gasteiger partial charge >= 0.3 is 6.09 Å². The first kappa shape index (κ1) is 16.4. The van der Waals surface area contributed by atoms with Crippen molar-refractivity contribution in [3.63, 3.8) is 0 Å². The fourth-order valence-electron chi connectivity index (χ4n) is 2.18. The summed E-state index contributed by atoms with van der Waals surface area (Å²) in [5.74, 6) is 0. The predicted octanol–water partition coefficient (Wildman–Crippen LogP) is 4.16. The molecule has 2 aromatic carbocycles. The smallest absolute Gasteiger partial charge is 0.407 e. The summed E-state index contributed by atoms with van der Waals surface area (Å²) in [4.78, 5) is 11.6. The molecule has 0 saturated heterocycles. The Morgan fingerprint density at radius 2 is 1.95 bits per heavy atom. The number of hydrogen-bond acceptors (Lipinski definition) is 2. The van der Waals surface area contributed by atoms with Gasteiger partial charge in [-0.15, -0.1) is 0 Å². The quantitative estimate of drug-likeness (QED) is 0.868. The number of rotatable bonds is 6. The molecule has 22 heavy (non-hydrogen) atoms.